The lowest BCUT2D eigenvalue weighted by atomic mass is 10.3. The number of nitrogens with one attached hydrogen (secondary N) is 1. The van der Waals surface area contributed by atoms with E-state index < -0.39 is 0 Å². The van der Waals surface area contributed by atoms with Gasteiger partial charge in [-0.25, -0.2) is 4.99 Å². The molecule has 1 rings (SSSR count). The number of hydrogen-bond donors (Lipinski definition) is 1. The lowest BCUT2D eigenvalue weighted by molar-refractivity contribution is -0.127. The molecule has 0 aromatic rings. The molecule has 0 bridgehead atoms. The summed E-state index contributed by atoms with van der Waals surface area (Å²) in [6, 6.07) is 0. The van der Waals surface area contributed by atoms with Gasteiger partial charge in [-0.3, -0.25) is 4.79 Å². The summed E-state index contributed by atoms with van der Waals surface area (Å²) in [6.07, 6.45) is 1.16. The lowest BCUT2D eigenvalue weighted by Crippen LogP contribution is -2.48. The molecule has 0 saturated carbocycles. The Balaban J connectivity index is 2.72. The zero-order chi connectivity index (χ0) is 15.8. The van der Waals surface area contributed by atoms with Crippen molar-refractivity contribution in [1.29, 1.82) is 0 Å². The first-order valence-corrected chi connectivity index (χ1v) is 8.48. The van der Waals surface area contributed by atoms with Gasteiger partial charge in [0.2, 0.25) is 5.91 Å². The standard InChI is InChI=1S/C15H28N4OS/c1-6-13-11-19(7-8-21-13)15(16-9-12(2)3)17-10-14(20)18(4)5/h13H,2,6-11H2,1,3-5H3,(H,16,17). The summed E-state index contributed by atoms with van der Waals surface area (Å²) in [5, 5.41) is 3.96. The van der Waals surface area contributed by atoms with Crippen LogP contribution in [0.15, 0.2) is 17.1 Å². The van der Waals surface area contributed by atoms with Crippen LogP contribution in [-0.4, -0.2) is 72.9 Å². The monoisotopic (exact) mass is 312 g/mol. The van der Waals surface area contributed by atoms with Gasteiger partial charge in [-0.2, -0.15) is 11.8 Å². The summed E-state index contributed by atoms with van der Waals surface area (Å²) in [5.41, 5.74) is 1.06. The highest BCUT2D eigenvalue weighted by atomic mass is 32.2. The number of guanidine groups is 1. The molecule has 0 aromatic carbocycles. The van der Waals surface area contributed by atoms with Gasteiger partial charge >= 0.3 is 0 Å². The molecule has 1 unspecified atom stereocenters. The van der Waals surface area contributed by atoms with E-state index in [4.69, 9.17) is 0 Å². The Bertz CT molecular complexity index is 395. The zero-order valence-electron chi connectivity index (χ0n) is 13.7. The van der Waals surface area contributed by atoms with Crippen LogP contribution in [0.25, 0.3) is 0 Å². The van der Waals surface area contributed by atoms with Gasteiger partial charge in [0.05, 0.1) is 0 Å². The molecule has 1 amide bonds. The van der Waals surface area contributed by atoms with Gasteiger partial charge in [0.1, 0.15) is 6.54 Å². The molecule has 120 valence electrons. The van der Waals surface area contributed by atoms with Crippen molar-refractivity contribution in [1.82, 2.24) is 15.1 Å². The number of thioether (sulfide) groups is 1. The van der Waals surface area contributed by atoms with Crippen molar-refractivity contribution < 1.29 is 4.79 Å². The number of hydrogen-bond acceptors (Lipinski definition) is 3. The molecule has 0 spiro atoms. The van der Waals surface area contributed by atoms with E-state index >= 15 is 0 Å². The summed E-state index contributed by atoms with van der Waals surface area (Å²) in [7, 11) is 3.51. The quantitative estimate of drug-likeness (QED) is 0.474. The normalized spacial score (nSPS) is 19.3. The third-order valence-corrected chi connectivity index (χ3v) is 4.68. The Morgan fingerprint density at radius 3 is 2.81 bits per heavy atom. The predicted octanol–water partition coefficient (Wildman–Crippen LogP) is 1.42. The molecule has 1 saturated heterocycles. The Kier molecular flexibility index (Phi) is 7.64. The number of carbonyl (C=O) groups excluding carboxylic acids is 1. The first-order valence-electron chi connectivity index (χ1n) is 7.43. The van der Waals surface area contributed by atoms with Crippen molar-refractivity contribution in [3.63, 3.8) is 0 Å². The van der Waals surface area contributed by atoms with E-state index in [0.717, 1.165) is 36.8 Å². The number of aliphatic imine (C=N–C) groups is 1. The summed E-state index contributed by atoms with van der Waals surface area (Å²) in [6.45, 7) is 10.9. The van der Waals surface area contributed by atoms with Gasteiger partial charge in [0, 0.05) is 44.7 Å². The minimum Gasteiger partial charge on any atom is -0.353 e. The van der Waals surface area contributed by atoms with Gasteiger partial charge in [-0.1, -0.05) is 19.1 Å². The van der Waals surface area contributed by atoms with Gasteiger partial charge in [0.25, 0.3) is 0 Å². The van der Waals surface area contributed by atoms with Crippen molar-refractivity contribution in [2.45, 2.75) is 25.5 Å². The molecule has 1 atom stereocenters. The minimum absolute atomic E-state index is 0.0167. The first-order chi connectivity index (χ1) is 9.93. The second-order valence-corrected chi connectivity index (χ2v) is 6.99. The van der Waals surface area contributed by atoms with Crippen molar-refractivity contribution >= 4 is 23.6 Å². The maximum atomic E-state index is 11.7. The van der Waals surface area contributed by atoms with Gasteiger partial charge < -0.3 is 15.1 Å². The van der Waals surface area contributed by atoms with Crippen molar-refractivity contribution in [3.8, 4) is 0 Å². The van der Waals surface area contributed by atoms with Crippen molar-refractivity contribution in [3.05, 3.63) is 12.2 Å². The van der Waals surface area contributed by atoms with E-state index in [9.17, 15) is 4.79 Å². The van der Waals surface area contributed by atoms with Crippen LogP contribution in [0.4, 0.5) is 0 Å². The minimum atomic E-state index is 0.0167. The van der Waals surface area contributed by atoms with Crippen LogP contribution in [0.3, 0.4) is 0 Å². The average Bonchev–Trinajstić information content (AvgIpc) is 2.46. The second-order valence-electron chi connectivity index (χ2n) is 5.59. The summed E-state index contributed by atoms with van der Waals surface area (Å²) in [5.74, 6) is 1.95. The average molecular weight is 312 g/mol. The molecule has 6 heteroatoms. The number of carbonyl (C=O) groups is 1. The molecule has 21 heavy (non-hydrogen) atoms. The van der Waals surface area contributed by atoms with E-state index in [1.807, 2.05) is 18.7 Å². The van der Waals surface area contributed by atoms with Gasteiger partial charge in [-0.15, -0.1) is 0 Å². The molecule has 0 radical (unpaired) electrons. The Labute approximate surface area is 132 Å². The van der Waals surface area contributed by atoms with Crippen LogP contribution in [0.5, 0.6) is 0 Å². The first kappa shape index (κ1) is 17.9. The smallest absolute Gasteiger partial charge is 0.243 e. The van der Waals surface area contributed by atoms with E-state index in [2.05, 4.69) is 28.7 Å². The molecule has 1 fully saturated rings. The molecule has 1 aliphatic heterocycles. The Morgan fingerprint density at radius 1 is 1.52 bits per heavy atom. The summed E-state index contributed by atoms with van der Waals surface area (Å²) >= 11 is 2.02. The van der Waals surface area contributed by atoms with Crippen LogP contribution in [0.2, 0.25) is 0 Å². The van der Waals surface area contributed by atoms with Gasteiger partial charge in [-0.05, 0) is 13.3 Å². The van der Waals surface area contributed by atoms with E-state index in [0.29, 0.717) is 11.8 Å². The molecule has 1 N–H and O–H groups in total. The molecular formula is C15H28N4OS. The highest BCUT2D eigenvalue weighted by molar-refractivity contribution is 8.00. The van der Waals surface area contributed by atoms with Crippen LogP contribution in [0, 0.1) is 0 Å². The second kappa shape index (κ2) is 8.97. The number of nitrogens with zero attached hydrogens (tertiary/aromatic N) is 3. The molecule has 1 heterocycles. The lowest BCUT2D eigenvalue weighted by Gasteiger charge is -2.34. The van der Waals surface area contributed by atoms with Crippen LogP contribution in [-0.2, 0) is 4.79 Å². The molecular weight excluding hydrogens is 284 g/mol. The SMILES string of the molecule is C=C(C)CNC(=NCC(=O)N(C)C)N1CCSC(CC)C1. The fourth-order valence-electron chi connectivity index (χ4n) is 1.94. The topological polar surface area (TPSA) is 47.9 Å². The van der Waals surface area contributed by atoms with Crippen LogP contribution in [0.1, 0.15) is 20.3 Å². The number of amides is 1. The summed E-state index contributed by atoms with van der Waals surface area (Å²) in [4.78, 5) is 20.1. The number of rotatable bonds is 5. The summed E-state index contributed by atoms with van der Waals surface area (Å²) < 4.78 is 0. The highest BCUT2D eigenvalue weighted by Crippen LogP contribution is 2.21. The highest BCUT2D eigenvalue weighted by Gasteiger charge is 2.21. The van der Waals surface area contributed by atoms with Crippen molar-refractivity contribution in [2.75, 3.05) is 46.0 Å². The number of likely N-dealkylation sites (N-methyl/N-ethyl adjacent to an activating group) is 1. The fourth-order valence-corrected chi connectivity index (χ4v) is 3.12. The molecule has 0 aromatic heterocycles. The fraction of sp³-hybridized carbons (Fsp3) is 0.733. The maximum absolute atomic E-state index is 11.7. The predicted molar refractivity (Wildman–Crippen MR) is 91.9 cm³/mol. The van der Waals surface area contributed by atoms with E-state index in [1.165, 1.54) is 0 Å². The van der Waals surface area contributed by atoms with Crippen LogP contribution < -0.4 is 5.32 Å². The molecule has 0 aliphatic carbocycles. The zero-order valence-corrected chi connectivity index (χ0v) is 14.5. The van der Waals surface area contributed by atoms with E-state index in [-0.39, 0.29) is 12.5 Å². The van der Waals surface area contributed by atoms with E-state index in [1.54, 1.807) is 19.0 Å². The third kappa shape index (κ3) is 6.42. The largest absolute Gasteiger partial charge is 0.353 e. The molecule has 1 aliphatic rings. The van der Waals surface area contributed by atoms with Crippen LogP contribution >= 0.6 is 11.8 Å². The molecule has 5 nitrogen and oxygen atoms in total. The maximum Gasteiger partial charge on any atom is 0.243 e. The Hall–Kier alpha value is -1.17. The van der Waals surface area contributed by atoms with Gasteiger partial charge in [0.15, 0.2) is 5.96 Å². The Morgan fingerprint density at radius 2 is 2.24 bits per heavy atom. The third-order valence-electron chi connectivity index (χ3n) is 3.30. The van der Waals surface area contributed by atoms with Crippen molar-refractivity contribution in [2.24, 2.45) is 4.99 Å².